The average molecular weight is 394 g/mol. The van der Waals surface area contributed by atoms with Crippen molar-refractivity contribution in [3.8, 4) is 0 Å². The Hall–Kier alpha value is -2.19. The second kappa shape index (κ2) is 7.82. The molecule has 0 saturated carbocycles. The first-order valence-corrected chi connectivity index (χ1v) is 9.13. The number of hydrogen-bond acceptors (Lipinski definition) is 6. The van der Waals surface area contributed by atoms with Gasteiger partial charge in [-0.25, -0.2) is 4.68 Å². The van der Waals surface area contributed by atoms with E-state index in [1.165, 1.54) is 0 Å². The van der Waals surface area contributed by atoms with Crippen LogP contribution in [0.2, 0.25) is 0 Å². The molecular formula is C18H24ClN5O3. The third-order valence-electron chi connectivity index (χ3n) is 5.22. The lowest BCUT2D eigenvalue weighted by atomic mass is 9.94. The van der Waals surface area contributed by atoms with E-state index < -0.39 is 5.91 Å². The van der Waals surface area contributed by atoms with E-state index in [4.69, 9.17) is 4.42 Å². The summed E-state index contributed by atoms with van der Waals surface area (Å²) in [6.45, 7) is 3.67. The Morgan fingerprint density at radius 1 is 1.30 bits per heavy atom. The van der Waals surface area contributed by atoms with Gasteiger partial charge in [-0.1, -0.05) is 0 Å². The van der Waals surface area contributed by atoms with Crippen molar-refractivity contribution in [1.82, 2.24) is 20.1 Å². The summed E-state index contributed by atoms with van der Waals surface area (Å²) >= 11 is 0. The SMILES string of the molecule is Cc1c(C(=O)Nc2nc(C3CCNCC3)nn2C)oc2c1C(=O)CCC2.Cl. The summed E-state index contributed by atoms with van der Waals surface area (Å²) < 4.78 is 7.29. The van der Waals surface area contributed by atoms with Crippen LogP contribution in [0.3, 0.4) is 0 Å². The molecule has 0 aromatic carbocycles. The highest BCUT2D eigenvalue weighted by Crippen LogP contribution is 2.30. The monoisotopic (exact) mass is 393 g/mol. The van der Waals surface area contributed by atoms with Gasteiger partial charge in [0.1, 0.15) is 5.76 Å². The van der Waals surface area contributed by atoms with Gasteiger partial charge in [-0.15, -0.1) is 12.4 Å². The van der Waals surface area contributed by atoms with Gasteiger partial charge >= 0.3 is 0 Å². The van der Waals surface area contributed by atoms with E-state index in [1.54, 1.807) is 18.7 Å². The Bertz CT molecular complexity index is 867. The fraction of sp³-hybridized carbons (Fsp3) is 0.556. The van der Waals surface area contributed by atoms with Crippen molar-refractivity contribution in [2.45, 2.75) is 44.9 Å². The van der Waals surface area contributed by atoms with Gasteiger partial charge in [0.2, 0.25) is 5.95 Å². The second-order valence-corrected chi connectivity index (χ2v) is 7.03. The minimum atomic E-state index is -0.392. The van der Waals surface area contributed by atoms with Crippen molar-refractivity contribution >= 4 is 30.0 Å². The third-order valence-corrected chi connectivity index (χ3v) is 5.22. The molecule has 27 heavy (non-hydrogen) atoms. The Kier molecular flexibility index (Phi) is 5.67. The minimum Gasteiger partial charge on any atom is -0.455 e. The Morgan fingerprint density at radius 3 is 2.74 bits per heavy atom. The lowest BCUT2D eigenvalue weighted by molar-refractivity contribution is 0.0963. The molecule has 8 nitrogen and oxygen atoms in total. The maximum atomic E-state index is 12.7. The van der Waals surface area contributed by atoms with Crippen LogP contribution >= 0.6 is 12.4 Å². The number of anilines is 1. The zero-order valence-electron chi connectivity index (χ0n) is 15.5. The van der Waals surface area contributed by atoms with Crippen molar-refractivity contribution in [2.75, 3.05) is 18.4 Å². The van der Waals surface area contributed by atoms with Gasteiger partial charge < -0.3 is 9.73 Å². The molecular weight excluding hydrogens is 370 g/mol. The van der Waals surface area contributed by atoms with E-state index in [1.807, 2.05) is 0 Å². The summed E-state index contributed by atoms with van der Waals surface area (Å²) in [4.78, 5) is 29.3. The number of aryl methyl sites for hydroxylation is 2. The molecule has 1 saturated heterocycles. The molecule has 0 atom stereocenters. The molecule has 4 rings (SSSR count). The van der Waals surface area contributed by atoms with Crippen LogP contribution in [0.4, 0.5) is 5.95 Å². The first-order chi connectivity index (χ1) is 12.5. The van der Waals surface area contributed by atoms with Crippen LogP contribution < -0.4 is 10.6 Å². The maximum absolute atomic E-state index is 12.7. The molecule has 9 heteroatoms. The van der Waals surface area contributed by atoms with Gasteiger partial charge in [0.05, 0.1) is 5.56 Å². The molecule has 2 N–H and O–H groups in total. The number of carbonyl (C=O) groups is 2. The summed E-state index contributed by atoms with van der Waals surface area (Å²) in [6, 6.07) is 0. The zero-order valence-corrected chi connectivity index (χ0v) is 16.3. The molecule has 0 bridgehead atoms. The molecule has 2 aromatic rings. The summed E-state index contributed by atoms with van der Waals surface area (Å²) in [5.74, 6) is 1.94. The van der Waals surface area contributed by atoms with Gasteiger partial charge in [-0.05, 0) is 39.3 Å². The molecule has 1 aliphatic heterocycles. The number of aromatic nitrogens is 3. The number of fused-ring (bicyclic) bond motifs is 1. The number of halogens is 1. The first kappa shape index (κ1) is 19.6. The molecule has 1 amide bonds. The minimum absolute atomic E-state index is 0. The van der Waals surface area contributed by atoms with Gasteiger partial charge in [-0.3, -0.25) is 14.9 Å². The van der Waals surface area contributed by atoms with Crippen molar-refractivity contribution in [2.24, 2.45) is 7.05 Å². The van der Waals surface area contributed by atoms with Crippen LogP contribution in [0.25, 0.3) is 0 Å². The van der Waals surface area contributed by atoms with E-state index in [2.05, 4.69) is 20.7 Å². The van der Waals surface area contributed by atoms with Crippen LogP contribution in [-0.4, -0.2) is 39.5 Å². The molecule has 3 heterocycles. The Labute approximate surface area is 163 Å². The normalized spacial score (nSPS) is 17.3. The van der Waals surface area contributed by atoms with Crippen LogP contribution in [0, 0.1) is 6.92 Å². The summed E-state index contributed by atoms with van der Waals surface area (Å²) in [7, 11) is 1.76. The molecule has 0 radical (unpaired) electrons. The number of rotatable bonds is 3. The smallest absolute Gasteiger partial charge is 0.294 e. The lowest BCUT2D eigenvalue weighted by Gasteiger charge is -2.19. The largest absolute Gasteiger partial charge is 0.455 e. The van der Waals surface area contributed by atoms with Crippen molar-refractivity contribution in [1.29, 1.82) is 0 Å². The van der Waals surface area contributed by atoms with Crippen LogP contribution in [0.15, 0.2) is 4.42 Å². The van der Waals surface area contributed by atoms with E-state index in [-0.39, 0.29) is 24.0 Å². The third kappa shape index (κ3) is 3.64. The molecule has 0 spiro atoms. The van der Waals surface area contributed by atoms with Crippen molar-refractivity contribution in [3.63, 3.8) is 0 Å². The fourth-order valence-corrected chi connectivity index (χ4v) is 3.79. The van der Waals surface area contributed by atoms with E-state index in [9.17, 15) is 9.59 Å². The van der Waals surface area contributed by atoms with Gasteiger partial charge in [0.15, 0.2) is 17.4 Å². The summed E-state index contributed by atoms with van der Waals surface area (Å²) in [5.41, 5.74) is 1.19. The summed E-state index contributed by atoms with van der Waals surface area (Å²) in [6.07, 6.45) is 3.95. The highest BCUT2D eigenvalue weighted by Gasteiger charge is 2.29. The fourth-order valence-electron chi connectivity index (χ4n) is 3.79. The van der Waals surface area contributed by atoms with Gasteiger partial charge in [0.25, 0.3) is 5.91 Å². The zero-order chi connectivity index (χ0) is 18.3. The van der Waals surface area contributed by atoms with Crippen LogP contribution in [-0.2, 0) is 13.5 Å². The van der Waals surface area contributed by atoms with Crippen molar-refractivity contribution in [3.05, 3.63) is 28.5 Å². The van der Waals surface area contributed by atoms with E-state index >= 15 is 0 Å². The van der Waals surface area contributed by atoms with Crippen LogP contribution in [0.5, 0.6) is 0 Å². The predicted octanol–water partition coefficient (Wildman–Crippen LogP) is 2.38. The molecule has 2 aromatic heterocycles. The topological polar surface area (TPSA) is 102 Å². The number of ketones is 1. The standard InChI is InChI=1S/C18H23N5O3.ClH/c1-10-14-12(24)4-3-5-13(14)26-15(10)17(25)21-18-20-16(22-23(18)2)11-6-8-19-9-7-11;/h11,19H,3-9H2,1-2H3,(H,20,21,22,25);1H. The number of nitrogens with zero attached hydrogens (tertiary/aromatic N) is 3. The van der Waals surface area contributed by atoms with Gasteiger partial charge in [0, 0.05) is 31.4 Å². The lowest BCUT2D eigenvalue weighted by Crippen LogP contribution is -2.27. The predicted molar refractivity (Wildman–Crippen MR) is 102 cm³/mol. The second-order valence-electron chi connectivity index (χ2n) is 7.03. The molecule has 2 aliphatic rings. The number of amides is 1. The summed E-state index contributed by atoms with van der Waals surface area (Å²) in [5, 5.41) is 10.6. The number of nitrogens with one attached hydrogen (secondary N) is 2. The molecule has 1 fully saturated rings. The van der Waals surface area contributed by atoms with E-state index in [0.29, 0.717) is 41.6 Å². The van der Waals surface area contributed by atoms with Gasteiger partial charge in [-0.2, -0.15) is 10.1 Å². The Morgan fingerprint density at radius 2 is 2.04 bits per heavy atom. The highest BCUT2D eigenvalue weighted by atomic mass is 35.5. The first-order valence-electron chi connectivity index (χ1n) is 9.13. The molecule has 146 valence electrons. The van der Waals surface area contributed by atoms with Crippen molar-refractivity contribution < 1.29 is 14.0 Å². The van der Waals surface area contributed by atoms with Crippen LogP contribution in [0.1, 0.15) is 69.7 Å². The quantitative estimate of drug-likeness (QED) is 0.830. The number of carbonyl (C=O) groups excluding carboxylic acids is 2. The van der Waals surface area contributed by atoms with E-state index in [0.717, 1.165) is 38.2 Å². The number of hydrogen-bond donors (Lipinski definition) is 2. The Balaban J connectivity index is 0.00000210. The molecule has 0 unspecified atom stereocenters. The average Bonchev–Trinajstić information content (AvgIpc) is 3.17. The number of furan rings is 1. The number of piperidine rings is 1. The number of Topliss-reactive ketones (excluding diaryl/α,β-unsaturated/α-hetero) is 1. The highest BCUT2D eigenvalue weighted by molar-refractivity contribution is 6.07. The maximum Gasteiger partial charge on any atom is 0.294 e. The molecule has 1 aliphatic carbocycles.